The van der Waals surface area contributed by atoms with Crippen molar-refractivity contribution >= 4 is 27.2 Å². The Morgan fingerprint density at radius 1 is 1.15 bits per heavy atom. The second kappa shape index (κ2) is 6.92. The zero-order chi connectivity index (χ0) is 19.0. The van der Waals surface area contributed by atoms with E-state index in [0.717, 1.165) is 16.8 Å². The molecule has 3 heterocycles. The fourth-order valence-corrected chi connectivity index (χ4v) is 3.90. The molecule has 1 N–H and O–H groups in total. The fraction of sp³-hybridized carbons (Fsp3) is 0.150. The number of anilines is 1. The minimum atomic E-state index is -0.301. The minimum Gasteiger partial charge on any atom is -0.377 e. The summed E-state index contributed by atoms with van der Waals surface area (Å²) >= 11 is 1.42. The van der Waals surface area contributed by atoms with Gasteiger partial charge < -0.3 is 9.88 Å². The monoisotopic (exact) mass is 381 g/mol. The van der Waals surface area contributed by atoms with Gasteiger partial charge in [-0.1, -0.05) is 12.1 Å². The third-order valence-electron chi connectivity index (χ3n) is 4.37. The van der Waals surface area contributed by atoms with Crippen LogP contribution in [0.1, 0.15) is 5.82 Å². The maximum Gasteiger partial charge on any atom is 0.260 e. The molecule has 0 atom stereocenters. The Labute approximate surface area is 159 Å². The number of nitrogens with one attached hydrogen (secondary N) is 1. The molecule has 7 heteroatoms. The molecule has 0 saturated heterocycles. The molecule has 4 aromatic rings. The van der Waals surface area contributed by atoms with E-state index in [1.165, 1.54) is 23.5 Å². The second-order valence-corrected chi connectivity index (χ2v) is 7.33. The van der Waals surface area contributed by atoms with Gasteiger partial charge in [0, 0.05) is 42.9 Å². The number of thiophene rings is 1. The van der Waals surface area contributed by atoms with Crippen LogP contribution in [0, 0.1) is 5.82 Å². The molecule has 0 amide bonds. The largest absolute Gasteiger partial charge is 0.377 e. The Hall–Kier alpha value is -3.06. The lowest BCUT2D eigenvalue weighted by Crippen LogP contribution is -2.35. The lowest BCUT2D eigenvalue weighted by molar-refractivity contribution is -0.689. The molecular weight excluding hydrogens is 363 g/mol. The van der Waals surface area contributed by atoms with Crippen LogP contribution >= 0.6 is 11.3 Å². The standard InChI is InChI=1S/C20H17FN4OS/c1-24(2)15-7-9-25(10-8-15)11-17-22-19(26)18-16(12-27-20(18)23-17)13-3-5-14(21)6-4-13/h3-10,12H,11H2,1-2H3/p+1. The summed E-state index contributed by atoms with van der Waals surface area (Å²) in [6.45, 7) is 0.475. The summed E-state index contributed by atoms with van der Waals surface area (Å²) in [6, 6.07) is 10.1. The van der Waals surface area contributed by atoms with E-state index in [1.54, 1.807) is 12.1 Å². The van der Waals surface area contributed by atoms with Crippen LogP contribution in [0.5, 0.6) is 0 Å². The first kappa shape index (κ1) is 17.4. The van der Waals surface area contributed by atoms with Gasteiger partial charge in [-0.05, 0) is 17.7 Å². The maximum atomic E-state index is 13.2. The predicted octanol–water partition coefficient (Wildman–Crippen LogP) is 3.19. The number of aromatic nitrogens is 3. The Kier molecular flexibility index (Phi) is 4.45. The Morgan fingerprint density at radius 3 is 2.52 bits per heavy atom. The van der Waals surface area contributed by atoms with E-state index in [1.807, 2.05) is 53.5 Å². The highest BCUT2D eigenvalue weighted by atomic mass is 32.1. The van der Waals surface area contributed by atoms with Crippen LogP contribution in [-0.4, -0.2) is 24.1 Å². The quantitative estimate of drug-likeness (QED) is 0.553. The fourth-order valence-electron chi connectivity index (χ4n) is 2.94. The van der Waals surface area contributed by atoms with E-state index in [0.29, 0.717) is 22.6 Å². The predicted molar refractivity (Wildman–Crippen MR) is 106 cm³/mol. The summed E-state index contributed by atoms with van der Waals surface area (Å²) < 4.78 is 15.1. The molecular formula is C20H18FN4OS+. The molecule has 0 spiro atoms. The van der Waals surface area contributed by atoms with E-state index >= 15 is 0 Å². The van der Waals surface area contributed by atoms with Crippen LogP contribution in [0.25, 0.3) is 21.3 Å². The van der Waals surface area contributed by atoms with Gasteiger partial charge in [0.2, 0.25) is 6.54 Å². The highest BCUT2D eigenvalue weighted by Gasteiger charge is 2.15. The molecule has 0 saturated carbocycles. The summed E-state index contributed by atoms with van der Waals surface area (Å²) in [7, 11) is 3.98. The molecule has 136 valence electrons. The van der Waals surface area contributed by atoms with Gasteiger partial charge in [-0.2, -0.15) is 4.57 Å². The number of pyridine rings is 1. The van der Waals surface area contributed by atoms with Crippen molar-refractivity contribution in [2.75, 3.05) is 19.0 Å². The van der Waals surface area contributed by atoms with Crippen LogP contribution in [0.15, 0.2) is 59.0 Å². The van der Waals surface area contributed by atoms with Gasteiger partial charge in [0.15, 0.2) is 18.2 Å². The number of fused-ring (bicyclic) bond motifs is 1. The Bertz CT molecular complexity index is 1150. The Morgan fingerprint density at radius 2 is 1.85 bits per heavy atom. The summed E-state index contributed by atoms with van der Waals surface area (Å²) in [5.74, 6) is 0.299. The number of hydrogen-bond donors (Lipinski definition) is 1. The van der Waals surface area contributed by atoms with Crippen LogP contribution < -0.4 is 15.0 Å². The summed E-state index contributed by atoms with van der Waals surface area (Å²) in [5.41, 5.74) is 2.50. The molecule has 0 aliphatic carbocycles. The average Bonchev–Trinajstić information content (AvgIpc) is 3.07. The van der Waals surface area contributed by atoms with Gasteiger partial charge in [-0.3, -0.25) is 4.79 Å². The van der Waals surface area contributed by atoms with Crippen LogP contribution in [0.2, 0.25) is 0 Å². The van der Waals surface area contributed by atoms with Gasteiger partial charge in [0.05, 0.1) is 5.39 Å². The van der Waals surface area contributed by atoms with Crippen molar-refractivity contribution in [3.8, 4) is 11.1 Å². The first-order valence-corrected chi connectivity index (χ1v) is 9.32. The lowest BCUT2D eigenvalue weighted by atomic mass is 10.1. The normalized spacial score (nSPS) is 11.1. The first-order valence-electron chi connectivity index (χ1n) is 8.44. The smallest absolute Gasteiger partial charge is 0.260 e. The summed E-state index contributed by atoms with van der Waals surface area (Å²) in [4.78, 5) is 22.9. The molecule has 3 aromatic heterocycles. The number of aromatic amines is 1. The molecule has 0 aliphatic heterocycles. The first-order chi connectivity index (χ1) is 13.0. The van der Waals surface area contributed by atoms with E-state index < -0.39 is 0 Å². The van der Waals surface area contributed by atoms with Crippen molar-refractivity contribution < 1.29 is 8.96 Å². The van der Waals surface area contributed by atoms with E-state index in [4.69, 9.17) is 0 Å². The van der Waals surface area contributed by atoms with Gasteiger partial charge in [-0.15, -0.1) is 11.3 Å². The topological polar surface area (TPSA) is 52.9 Å². The zero-order valence-electron chi connectivity index (χ0n) is 14.9. The van der Waals surface area contributed by atoms with Gasteiger partial charge in [0.1, 0.15) is 10.6 Å². The van der Waals surface area contributed by atoms with E-state index in [-0.39, 0.29) is 11.4 Å². The van der Waals surface area contributed by atoms with Crippen molar-refractivity contribution in [3.63, 3.8) is 0 Å². The van der Waals surface area contributed by atoms with Crippen molar-refractivity contribution in [3.05, 3.63) is 76.2 Å². The molecule has 0 radical (unpaired) electrons. The summed E-state index contributed by atoms with van der Waals surface area (Å²) in [5, 5.41) is 2.44. The molecule has 27 heavy (non-hydrogen) atoms. The van der Waals surface area contributed by atoms with Crippen molar-refractivity contribution in [2.45, 2.75) is 6.54 Å². The van der Waals surface area contributed by atoms with Crippen molar-refractivity contribution in [1.82, 2.24) is 9.97 Å². The molecule has 0 aliphatic rings. The third kappa shape index (κ3) is 3.46. The Balaban J connectivity index is 1.68. The number of rotatable bonds is 4. The number of halogens is 1. The highest BCUT2D eigenvalue weighted by molar-refractivity contribution is 7.17. The van der Waals surface area contributed by atoms with E-state index in [9.17, 15) is 9.18 Å². The molecule has 5 nitrogen and oxygen atoms in total. The SMILES string of the molecule is CN(C)c1cc[n+](Cc2nc3scc(-c4ccc(F)cc4)c3c(=O)[nH]2)cc1. The summed E-state index contributed by atoms with van der Waals surface area (Å²) in [6.07, 6.45) is 3.91. The average molecular weight is 381 g/mol. The van der Waals surface area contributed by atoms with Crippen molar-refractivity contribution in [2.24, 2.45) is 0 Å². The van der Waals surface area contributed by atoms with Crippen molar-refractivity contribution in [1.29, 1.82) is 0 Å². The van der Waals surface area contributed by atoms with Gasteiger partial charge >= 0.3 is 0 Å². The maximum absolute atomic E-state index is 13.2. The number of H-pyrrole nitrogens is 1. The number of nitrogens with zero attached hydrogens (tertiary/aromatic N) is 3. The van der Waals surface area contributed by atoms with Crippen LogP contribution in [0.3, 0.4) is 0 Å². The molecule has 0 bridgehead atoms. The number of benzene rings is 1. The second-order valence-electron chi connectivity index (χ2n) is 6.47. The van der Waals surface area contributed by atoms with Crippen LogP contribution in [-0.2, 0) is 6.54 Å². The number of hydrogen-bond acceptors (Lipinski definition) is 4. The van der Waals surface area contributed by atoms with Gasteiger partial charge in [0.25, 0.3) is 5.56 Å². The molecule has 0 fully saturated rings. The molecule has 1 aromatic carbocycles. The molecule has 0 unspecified atom stereocenters. The zero-order valence-corrected chi connectivity index (χ0v) is 15.8. The lowest BCUT2D eigenvalue weighted by Gasteiger charge is -2.10. The van der Waals surface area contributed by atoms with Crippen LogP contribution in [0.4, 0.5) is 10.1 Å². The van der Waals surface area contributed by atoms with Gasteiger partial charge in [-0.25, -0.2) is 9.37 Å². The highest BCUT2D eigenvalue weighted by Crippen LogP contribution is 2.30. The third-order valence-corrected chi connectivity index (χ3v) is 5.24. The minimum absolute atomic E-state index is 0.180. The van der Waals surface area contributed by atoms with E-state index in [2.05, 4.69) is 9.97 Å². The molecule has 4 rings (SSSR count).